The van der Waals surface area contributed by atoms with Crippen molar-refractivity contribution in [1.82, 2.24) is 10.6 Å². The third-order valence-electron chi connectivity index (χ3n) is 3.45. The van der Waals surface area contributed by atoms with Crippen molar-refractivity contribution in [1.29, 1.82) is 0 Å². The predicted molar refractivity (Wildman–Crippen MR) is 93.4 cm³/mol. The average Bonchev–Trinajstić information content (AvgIpc) is 2.59. The number of non-ortho nitro benzene ring substituents is 1. The minimum atomic E-state index is -0.587. The van der Waals surface area contributed by atoms with E-state index in [2.05, 4.69) is 10.6 Å². The molecule has 1 unspecified atom stereocenters. The Labute approximate surface area is 149 Å². The molecule has 0 aliphatic rings. The Hall–Kier alpha value is -2.93. The predicted octanol–water partition coefficient (Wildman–Crippen LogP) is 2.86. The molecule has 1 atom stereocenters. The zero-order valence-corrected chi connectivity index (χ0v) is 14.1. The van der Waals surface area contributed by atoms with Crippen molar-refractivity contribution in [3.63, 3.8) is 0 Å². The molecule has 2 aromatic rings. The molecule has 2 aromatic carbocycles. The summed E-state index contributed by atoms with van der Waals surface area (Å²) in [6, 6.07) is 12.1. The van der Waals surface area contributed by atoms with Gasteiger partial charge in [0.15, 0.2) is 0 Å². The van der Waals surface area contributed by atoms with Gasteiger partial charge in [0, 0.05) is 22.7 Å². The van der Waals surface area contributed by atoms with Crippen molar-refractivity contribution < 1.29 is 14.5 Å². The highest BCUT2D eigenvalue weighted by Gasteiger charge is 2.14. The van der Waals surface area contributed by atoms with E-state index < -0.39 is 10.8 Å². The molecule has 0 aliphatic carbocycles. The van der Waals surface area contributed by atoms with Gasteiger partial charge < -0.3 is 10.6 Å². The van der Waals surface area contributed by atoms with Gasteiger partial charge in [-0.25, -0.2) is 0 Å². The number of halogens is 1. The number of rotatable bonds is 6. The summed E-state index contributed by atoms with van der Waals surface area (Å²) in [7, 11) is 0. The lowest BCUT2D eigenvalue weighted by Crippen LogP contribution is -2.38. The van der Waals surface area contributed by atoms with E-state index >= 15 is 0 Å². The number of nitro benzene ring substituents is 1. The molecule has 25 heavy (non-hydrogen) atoms. The van der Waals surface area contributed by atoms with E-state index in [1.54, 1.807) is 25.1 Å². The Kier molecular flexibility index (Phi) is 6.08. The standard InChI is InChI=1S/C17H16ClN3O4/c1-11(12-4-2-6-14(18)8-12)20-16(22)10-19-17(23)13-5-3-7-15(9-13)21(24)25/h2-9,11H,10H2,1H3,(H,19,23)(H,20,22). The van der Waals surface area contributed by atoms with Crippen LogP contribution in [0.1, 0.15) is 28.9 Å². The molecule has 2 N–H and O–H groups in total. The molecule has 0 radical (unpaired) electrons. The number of carbonyl (C=O) groups excluding carboxylic acids is 2. The van der Waals surface area contributed by atoms with Gasteiger partial charge in [0.25, 0.3) is 11.6 Å². The summed E-state index contributed by atoms with van der Waals surface area (Å²) in [6.45, 7) is 1.55. The minimum Gasteiger partial charge on any atom is -0.348 e. The van der Waals surface area contributed by atoms with Crippen molar-refractivity contribution in [2.45, 2.75) is 13.0 Å². The van der Waals surface area contributed by atoms with Gasteiger partial charge in [0.2, 0.25) is 5.91 Å². The number of nitrogens with one attached hydrogen (secondary N) is 2. The second-order valence-corrected chi connectivity index (χ2v) is 5.77. The van der Waals surface area contributed by atoms with E-state index in [4.69, 9.17) is 11.6 Å². The van der Waals surface area contributed by atoms with Gasteiger partial charge in [-0.05, 0) is 30.7 Å². The number of nitrogens with zero attached hydrogens (tertiary/aromatic N) is 1. The number of carbonyl (C=O) groups is 2. The van der Waals surface area contributed by atoms with E-state index in [-0.39, 0.29) is 29.7 Å². The van der Waals surface area contributed by atoms with Crippen LogP contribution in [-0.4, -0.2) is 23.3 Å². The van der Waals surface area contributed by atoms with Crippen molar-refractivity contribution in [3.8, 4) is 0 Å². The Morgan fingerprint density at radius 2 is 1.92 bits per heavy atom. The summed E-state index contributed by atoms with van der Waals surface area (Å²) < 4.78 is 0. The molecule has 0 aromatic heterocycles. The highest BCUT2D eigenvalue weighted by Crippen LogP contribution is 2.17. The third kappa shape index (κ3) is 5.29. The van der Waals surface area contributed by atoms with Gasteiger partial charge in [0.1, 0.15) is 0 Å². The molecule has 2 amide bonds. The van der Waals surface area contributed by atoms with Crippen LogP contribution in [0.5, 0.6) is 0 Å². The van der Waals surface area contributed by atoms with E-state index in [1.807, 2.05) is 6.07 Å². The lowest BCUT2D eigenvalue weighted by Gasteiger charge is -2.15. The normalized spacial score (nSPS) is 11.4. The lowest BCUT2D eigenvalue weighted by atomic mass is 10.1. The molecule has 0 heterocycles. The van der Waals surface area contributed by atoms with Crippen LogP contribution >= 0.6 is 11.6 Å². The number of hydrogen-bond donors (Lipinski definition) is 2. The summed E-state index contributed by atoms with van der Waals surface area (Å²) in [5, 5.41) is 16.5. The maximum atomic E-state index is 12.0. The third-order valence-corrected chi connectivity index (χ3v) is 3.69. The molecule has 7 nitrogen and oxygen atoms in total. The fourth-order valence-electron chi connectivity index (χ4n) is 2.18. The largest absolute Gasteiger partial charge is 0.348 e. The van der Waals surface area contributed by atoms with E-state index in [9.17, 15) is 19.7 Å². The van der Waals surface area contributed by atoms with Gasteiger partial charge in [-0.2, -0.15) is 0 Å². The van der Waals surface area contributed by atoms with Gasteiger partial charge >= 0.3 is 0 Å². The Balaban J connectivity index is 1.90. The minimum absolute atomic E-state index is 0.116. The maximum absolute atomic E-state index is 12.0. The number of amides is 2. The smallest absolute Gasteiger partial charge is 0.270 e. The summed E-state index contributed by atoms with van der Waals surface area (Å²) >= 11 is 5.91. The van der Waals surface area contributed by atoms with E-state index in [0.717, 1.165) is 11.6 Å². The maximum Gasteiger partial charge on any atom is 0.270 e. The van der Waals surface area contributed by atoms with Gasteiger partial charge in [-0.15, -0.1) is 0 Å². The average molecular weight is 362 g/mol. The number of benzene rings is 2. The molecule has 8 heteroatoms. The van der Waals surface area contributed by atoms with Gasteiger partial charge in [-0.1, -0.05) is 29.8 Å². The topological polar surface area (TPSA) is 101 Å². The zero-order chi connectivity index (χ0) is 18.4. The van der Waals surface area contributed by atoms with Crippen LogP contribution in [0.25, 0.3) is 0 Å². The van der Waals surface area contributed by atoms with Gasteiger partial charge in [-0.3, -0.25) is 19.7 Å². The number of nitro groups is 1. The van der Waals surface area contributed by atoms with Crippen LogP contribution in [-0.2, 0) is 4.79 Å². The Bertz CT molecular complexity index is 810. The van der Waals surface area contributed by atoms with E-state index in [1.165, 1.54) is 18.2 Å². The molecular weight excluding hydrogens is 346 g/mol. The molecule has 0 fully saturated rings. The van der Waals surface area contributed by atoms with Crippen LogP contribution < -0.4 is 10.6 Å². The van der Waals surface area contributed by atoms with E-state index in [0.29, 0.717) is 5.02 Å². The first-order valence-corrected chi connectivity index (χ1v) is 7.82. The van der Waals surface area contributed by atoms with Crippen LogP contribution in [0.4, 0.5) is 5.69 Å². The molecule has 2 rings (SSSR count). The summed E-state index contributed by atoms with van der Waals surface area (Å²) in [5.41, 5.74) is 0.766. The first-order chi connectivity index (χ1) is 11.9. The Morgan fingerprint density at radius 3 is 2.60 bits per heavy atom. The number of hydrogen-bond acceptors (Lipinski definition) is 4. The highest BCUT2D eigenvalue weighted by atomic mass is 35.5. The summed E-state index contributed by atoms with van der Waals surface area (Å²) in [4.78, 5) is 34.1. The molecule has 130 valence electrons. The van der Waals surface area contributed by atoms with Gasteiger partial charge in [0.05, 0.1) is 17.5 Å². The van der Waals surface area contributed by atoms with Crippen LogP contribution in [0, 0.1) is 10.1 Å². The first-order valence-electron chi connectivity index (χ1n) is 7.44. The monoisotopic (exact) mass is 361 g/mol. The molecule has 0 saturated carbocycles. The van der Waals surface area contributed by atoms with Crippen molar-refractivity contribution >= 4 is 29.1 Å². The fourth-order valence-corrected chi connectivity index (χ4v) is 2.37. The molecule has 0 saturated heterocycles. The van der Waals surface area contributed by atoms with Crippen molar-refractivity contribution in [3.05, 3.63) is 74.8 Å². The van der Waals surface area contributed by atoms with Crippen LogP contribution in [0.3, 0.4) is 0 Å². The van der Waals surface area contributed by atoms with Crippen molar-refractivity contribution in [2.24, 2.45) is 0 Å². The zero-order valence-electron chi connectivity index (χ0n) is 13.4. The SMILES string of the molecule is CC(NC(=O)CNC(=O)c1cccc([N+](=O)[O-])c1)c1cccc(Cl)c1. The molecular formula is C17H16ClN3O4. The highest BCUT2D eigenvalue weighted by molar-refractivity contribution is 6.30. The Morgan fingerprint density at radius 1 is 1.20 bits per heavy atom. The fraction of sp³-hybridized carbons (Fsp3) is 0.176. The first kappa shape index (κ1) is 18.4. The second kappa shape index (κ2) is 8.25. The van der Waals surface area contributed by atoms with Crippen LogP contribution in [0.2, 0.25) is 5.02 Å². The van der Waals surface area contributed by atoms with Crippen molar-refractivity contribution in [2.75, 3.05) is 6.54 Å². The molecule has 0 bridgehead atoms. The second-order valence-electron chi connectivity index (χ2n) is 5.33. The summed E-state index contributed by atoms with van der Waals surface area (Å²) in [6.07, 6.45) is 0. The van der Waals surface area contributed by atoms with Crippen LogP contribution in [0.15, 0.2) is 48.5 Å². The molecule has 0 aliphatic heterocycles. The molecule has 0 spiro atoms. The lowest BCUT2D eigenvalue weighted by molar-refractivity contribution is -0.384. The quantitative estimate of drug-likeness (QED) is 0.610. The summed E-state index contributed by atoms with van der Waals surface area (Å²) in [5.74, 6) is -0.944.